The summed E-state index contributed by atoms with van der Waals surface area (Å²) in [5.41, 5.74) is 0. The summed E-state index contributed by atoms with van der Waals surface area (Å²) in [4.78, 5) is 33.1. The van der Waals surface area contributed by atoms with Crippen molar-refractivity contribution in [3.63, 3.8) is 0 Å². The van der Waals surface area contributed by atoms with E-state index in [4.69, 9.17) is 24.7 Å². The van der Waals surface area contributed by atoms with Crippen molar-refractivity contribution in [2.24, 2.45) is 0 Å². The van der Waals surface area contributed by atoms with Crippen molar-refractivity contribution < 1.29 is 38.9 Å². The maximum Gasteiger partial charge on any atom is 0.316 e. The van der Waals surface area contributed by atoms with Gasteiger partial charge in [0.15, 0.2) is 10.2 Å². The van der Waals surface area contributed by atoms with Crippen LogP contribution in [0.4, 0.5) is 0 Å². The molecule has 0 fully saturated rings. The number of aliphatic hydroxyl groups excluding tert-OH is 2. The molecule has 0 saturated heterocycles. The van der Waals surface area contributed by atoms with Gasteiger partial charge in [-0.05, 0) is 11.2 Å². The SMILES string of the molecule is O=C(CSCC[S+]([O-])CSCSC(=O)CSCCOOCSCCO)OCSCCO. The van der Waals surface area contributed by atoms with Crippen molar-refractivity contribution >= 4 is 92.8 Å². The molecule has 2 N–H and O–H groups in total. The van der Waals surface area contributed by atoms with Crippen molar-refractivity contribution in [2.75, 3.05) is 82.1 Å². The number of rotatable bonds is 23. The van der Waals surface area contributed by atoms with Gasteiger partial charge in [0.2, 0.25) is 0 Å². The molecule has 8 nitrogen and oxygen atoms in total. The third-order valence-electron chi connectivity index (χ3n) is 2.71. The summed E-state index contributed by atoms with van der Waals surface area (Å²) in [5.74, 6) is 3.84. The molecular weight excluding hydrogens is 545 g/mol. The van der Waals surface area contributed by atoms with Gasteiger partial charge in [-0.2, -0.15) is 11.8 Å². The Hall–Kier alpha value is 1.39. The highest BCUT2D eigenvalue weighted by Gasteiger charge is 2.10. The molecule has 0 rings (SSSR count). The largest absolute Gasteiger partial charge is 0.616 e. The molecule has 31 heavy (non-hydrogen) atoms. The predicted octanol–water partition coefficient (Wildman–Crippen LogP) is 1.97. The molecule has 0 bridgehead atoms. The topological polar surface area (TPSA) is 125 Å². The number of carbonyl (C=O) groups is 2. The number of ether oxygens (including phenoxy) is 1. The maximum absolute atomic E-state index is 11.9. The summed E-state index contributed by atoms with van der Waals surface area (Å²) < 4.78 is 16.9. The molecule has 1 unspecified atom stereocenters. The second-order valence-corrected chi connectivity index (χ2v) is 13.8. The summed E-state index contributed by atoms with van der Waals surface area (Å²) in [5, 5.41) is 18.3. The molecule has 0 heterocycles. The number of hydrogen-bond donors (Lipinski definition) is 2. The smallest absolute Gasteiger partial charge is 0.316 e. The Labute approximate surface area is 212 Å². The highest BCUT2D eigenvalue weighted by Crippen LogP contribution is 2.18. The minimum Gasteiger partial charge on any atom is -0.616 e. The third-order valence-corrected chi connectivity index (χ3v) is 10.5. The van der Waals surface area contributed by atoms with Gasteiger partial charge in [-0.25, -0.2) is 9.78 Å². The fourth-order valence-electron chi connectivity index (χ4n) is 1.41. The Morgan fingerprint density at radius 3 is 2.29 bits per heavy atom. The van der Waals surface area contributed by atoms with E-state index in [1.54, 1.807) is 0 Å². The first kappa shape index (κ1) is 32.4. The molecule has 0 saturated carbocycles. The molecule has 0 aliphatic carbocycles. The van der Waals surface area contributed by atoms with Crippen molar-refractivity contribution in [3.8, 4) is 0 Å². The van der Waals surface area contributed by atoms with Crippen molar-refractivity contribution in [1.29, 1.82) is 0 Å². The quantitative estimate of drug-likeness (QED) is 0.0461. The second-order valence-electron chi connectivity index (χ2n) is 5.16. The lowest BCUT2D eigenvalue weighted by atomic mass is 10.8. The molecule has 0 spiro atoms. The first-order valence-corrected chi connectivity index (χ1v) is 17.4. The molecule has 0 aliphatic heterocycles. The van der Waals surface area contributed by atoms with E-state index >= 15 is 0 Å². The molecule has 1 atom stereocenters. The zero-order chi connectivity index (χ0) is 23.0. The summed E-state index contributed by atoms with van der Waals surface area (Å²) >= 11 is 7.35. The predicted molar refractivity (Wildman–Crippen MR) is 140 cm³/mol. The van der Waals surface area contributed by atoms with Crippen molar-refractivity contribution in [1.82, 2.24) is 0 Å². The van der Waals surface area contributed by atoms with Gasteiger partial charge in [-0.15, -0.1) is 35.3 Å². The van der Waals surface area contributed by atoms with Crippen LogP contribution in [-0.4, -0.2) is 108 Å². The first-order valence-electron chi connectivity index (χ1n) is 9.11. The van der Waals surface area contributed by atoms with E-state index in [1.165, 1.54) is 70.6 Å². The molecule has 0 radical (unpaired) electrons. The van der Waals surface area contributed by atoms with Crippen LogP contribution >= 0.6 is 70.6 Å². The average Bonchev–Trinajstić information content (AvgIpc) is 2.76. The number of aliphatic hydroxyl groups is 2. The van der Waals surface area contributed by atoms with Crippen LogP contribution in [0, 0.1) is 0 Å². The van der Waals surface area contributed by atoms with Crippen molar-refractivity contribution in [2.45, 2.75) is 0 Å². The highest BCUT2D eigenvalue weighted by atomic mass is 32.3. The summed E-state index contributed by atoms with van der Waals surface area (Å²) in [6.45, 7) is 0.571. The molecule has 184 valence electrons. The van der Waals surface area contributed by atoms with Crippen LogP contribution < -0.4 is 0 Å². The lowest BCUT2D eigenvalue weighted by molar-refractivity contribution is -0.274. The molecule has 15 heteroatoms. The molecule has 0 aromatic rings. The van der Waals surface area contributed by atoms with E-state index in [1.807, 2.05) is 0 Å². The Morgan fingerprint density at radius 2 is 1.55 bits per heavy atom. The van der Waals surface area contributed by atoms with Gasteiger partial charge in [0.05, 0.1) is 36.4 Å². The van der Waals surface area contributed by atoms with Gasteiger partial charge in [0.25, 0.3) is 0 Å². The van der Waals surface area contributed by atoms with E-state index in [2.05, 4.69) is 0 Å². The average molecular weight is 575 g/mol. The number of hydrogen-bond acceptors (Lipinski definition) is 14. The van der Waals surface area contributed by atoms with Crippen molar-refractivity contribution in [3.05, 3.63) is 0 Å². The van der Waals surface area contributed by atoms with Gasteiger partial charge in [0, 0.05) is 23.0 Å². The molecule has 0 aliphatic rings. The highest BCUT2D eigenvalue weighted by molar-refractivity contribution is 8.27. The van der Waals surface area contributed by atoms with E-state index in [-0.39, 0.29) is 36.0 Å². The number of carbonyl (C=O) groups excluding carboxylic acids is 2. The Bertz CT molecular complexity index is 437. The van der Waals surface area contributed by atoms with E-state index in [0.29, 0.717) is 57.2 Å². The van der Waals surface area contributed by atoms with Gasteiger partial charge >= 0.3 is 5.97 Å². The second kappa shape index (κ2) is 26.0. The first-order chi connectivity index (χ1) is 15.1. The Morgan fingerprint density at radius 1 is 0.839 bits per heavy atom. The van der Waals surface area contributed by atoms with Crippen LogP contribution in [0.25, 0.3) is 0 Å². The van der Waals surface area contributed by atoms with Crippen LogP contribution in [0.2, 0.25) is 0 Å². The lowest BCUT2D eigenvalue weighted by Crippen LogP contribution is -2.13. The van der Waals surface area contributed by atoms with E-state index < -0.39 is 11.2 Å². The zero-order valence-electron chi connectivity index (χ0n) is 17.1. The van der Waals surface area contributed by atoms with Gasteiger partial charge < -0.3 is 19.5 Å². The number of thioether (sulfide) groups is 6. The monoisotopic (exact) mass is 574 g/mol. The standard InChI is InChI=1S/C16H30O8S7/c17-1-4-27-11-22-15(19)9-26-7-8-31(21)14-29-13-30-16(20)10-25-6-3-23-24-12-28-5-2-18/h17-18H,1-14H2. The summed E-state index contributed by atoms with van der Waals surface area (Å²) in [7, 11) is 0. The van der Waals surface area contributed by atoms with Gasteiger partial charge in [0.1, 0.15) is 17.6 Å². The number of esters is 1. The minimum absolute atomic E-state index is 0.0604. The van der Waals surface area contributed by atoms with Crippen LogP contribution in [-0.2, 0) is 35.3 Å². The lowest BCUT2D eigenvalue weighted by Gasteiger charge is -2.10. The summed E-state index contributed by atoms with van der Waals surface area (Å²) in [6.07, 6.45) is 0. The molecule has 0 amide bonds. The van der Waals surface area contributed by atoms with Gasteiger partial charge in [-0.3, -0.25) is 9.59 Å². The van der Waals surface area contributed by atoms with E-state index in [0.717, 1.165) is 0 Å². The molecule has 0 aromatic carbocycles. The van der Waals surface area contributed by atoms with Crippen LogP contribution in [0.5, 0.6) is 0 Å². The minimum atomic E-state index is -0.988. The Balaban J connectivity index is 3.39. The van der Waals surface area contributed by atoms with Crippen LogP contribution in [0.1, 0.15) is 0 Å². The summed E-state index contributed by atoms with van der Waals surface area (Å²) in [6, 6.07) is 0. The third kappa shape index (κ3) is 25.8. The molecule has 0 aromatic heterocycles. The molecular formula is C16H30O8S7. The fraction of sp³-hybridized carbons (Fsp3) is 0.875. The Kier molecular flexibility index (Phi) is 27.2. The maximum atomic E-state index is 11.9. The fourth-order valence-corrected chi connectivity index (χ4v) is 7.91. The van der Waals surface area contributed by atoms with Crippen LogP contribution in [0.3, 0.4) is 0 Å². The van der Waals surface area contributed by atoms with Gasteiger partial charge in [-0.1, -0.05) is 23.5 Å². The van der Waals surface area contributed by atoms with Crippen LogP contribution in [0.15, 0.2) is 0 Å². The zero-order valence-corrected chi connectivity index (χ0v) is 22.8. The normalized spacial score (nSPS) is 12.1. The van der Waals surface area contributed by atoms with E-state index in [9.17, 15) is 14.1 Å².